The van der Waals surface area contributed by atoms with Crippen molar-refractivity contribution in [3.8, 4) is 22.5 Å². The lowest BCUT2D eigenvalue weighted by Crippen LogP contribution is -2.25. The van der Waals surface area contributed by atoms with Crippen LogP contribution in [0.3, 0.4) is 0 Å². The maximum absolute atomic E-state index is 13.5. The number of furan rings is 1. The van der Waals surface area contributed by atoms with Crippen LogP contribution in [0.1, 0.15) is 27.6 Å². The molecule has 0 atom stereocenters. The summed E-state index contributed by atoms with van der Waals surface area (Å²) < 4.78 is 20.4. The summed E-state index contributed by atoms with van der Waals surface area (Å²) in [5, 5.41) is 6.25. The number of halogens is 2. The van der Waals surface area contributed by atoms with Crippen LogP contribution in [0.25, 0.3) is 33.4 Å². The van der Waals surface area contributed by atoms with Gasteiger partial charge in [-0.3, -0.25) is 9.59 Å². The second kappa shape index (κ2) is 12.0. The molecular weight excluding hydrogens is 582 g/mol. The van der Waals surface area contributed by atoms with E-state index in [1.165, 1.54) is 12.1 Å². The average molecular weight is 608 g/mol. The third-order valence-electron chi connectivity index (χ3n) is 5.84. The van der Waals surface area contributed by atoms with Gasteiger partial charge in [0.05, 0.1) is 5.56 Å². The maximum Gasteiger partial charge on any atom is 0.255 e. The van der Waals surface area contributed by atoms with E-state index < -0.39 is 0 Å². The first-order valence-corrected chi connectivity index (χ1v) is 13.2. The number of rotatable bonds is 8. The molecule has 37 heavy (non-hydrogen) atoms. The van der Waals surface area contributed by atoms with Crippen molar-refractivity contribution in [2.24, 2.45) is 0 Å². The highest BCUT2D eigenvalue weighted by Gasteiger charge is 2.22. The zero-order chi connectivity index (χ0) is 26.4. The van der Waals surface area contributed by atoms with Crippen molar-refractivity contribution in [3.63, 3.8) is 0 Å². The zero-order valence-corrected chi connectivity index (χ0v) is 22.6. The fourth-order valence-electron chi connectivity index (χ4n) is 3.94. The molecule has 5 nitrogen and oxygen atoms in total. The molecule has 3 aromatic carbocycles. The number of nitrogens with one attached hydrogen (secondary N) is 2. The van der Waals surface area contributed by atoms with Crippen LogP contribution in [0, 0.1) is 5.82 Å². The molecular formula is C30H26FIN2O3. The van der Waals surface area contributed by atoms with Crippen LogP contribution in [-0.2, 0) is 0 Å². The van der Waals surface area contributed by atoms with Gasteiger partial charge in [-0.05, 0) is 66.6 Å². The minimum absolute atomic E-state index is 0.165. The van der Waals surface area contributed by atoms with E-state index in [1.807, 2.05) is 55.5 Å². The summed E-state index contributed by atoms with van der Waals surface area (Å²) >= 11 is 2.27. The Morgan fingerprint density at radius 1 is 0.973 bits per heavy atom. The molecule has 0 aliphatic heterocycles. The smallest absolute Gasteiger partial charge is 0.255 e. The van der Waals surface area contributed by atoms with E-state index in [0.29, 0.717) is 40.0 Å². The normalized spacial score (nSPS) is 11.7. The summed E-state index contributed by atoms with van der Waals surface area (Å²) in [4.78, 5) is 25.6. The fourth-order valence-corrected chi connectivity index (χ4v) is 4.23. The molecule has 4 rings (SSSR count). The molecule has 0 aliphatic rings. The van der Waals surface area contributed by atoms with Crippen LogP contribution < -0.4 is 10.6 Å². The lowest BCUT2D eigenvalue weighted by molar-refractivity contribution is 0.0952. The largest absolute Gasteiger partial charge is 0.455 e. The van der Waals surface area contributed by atoms with Crippen molar-refractivity contribution in [2.75, 3.05) is 18.0 Å². The van der Waals surface area contributed by atoms with E-state index in [-0.39, 0.29) is 17.6 Å². The number of allylic oxidation sites excluding steroid dienone is 3. The zero-order valence-electron chi connectivity index (χ0n) is 20.5. The second-order valence-electron chi connectivity index (χ2n) is 8.46. The van der Waals surface area contributed by atoms with Gasteiger partial charge in [0.2, 0.25) is 0 Å². The molecule has 0 fully saturated rings. The van der Waals surface area contributed by atoms with Gasteiger partial charge in [0.25, 0.3) is 11.8 Å². The first kappa shape index (κ1) is 26.3. The Kier molecular flexibility index (Phi) is 8.55. The Bertz CT molecular complexity index is 1500. The van der Waals surface area contributed by atoms with Crippen LogP contribution in [0.15, 0.2) is 94.9 Å². The Morgan fingerprint density at radius 3 is 2.43 bits per heavy atom. The van der Waals surface area contributed by atoms with Gasteiger partial charge in [-0.1, -0.05) is 64.6 Å². The summed E-state index contributed by atoms with van der Waals surface area (Å²) in [5.74, 6) is -0.468. The number of hydrogen-bond donors (Lipinski definition) is 2. The minimum Gasteiger partial charge on any atom is -0.455 e. The van der Waals surface area contributed by atoms with Crippen molar-refractivity contribution in [2.45, 2.75) is 6.92 Å². The molecule has 0 spiro atoms. The lowest BCUT2D eigenvalue weighted by atomic mass is 9.99. The topological polar surface area (TPSA) is 71.3 Å². The number of benzene rings is 3. The van der Waals surface area contributed by atoms with Gasteiger partial charge < -0.3 is 15.1 Å². The van der Waals surface area contributed by atoms with E-state index in [9.17, 15) is 14.0 Å². The summed E-state index contributed by atoms with van der Waals surface area (Å²) in [5.41, 5.74) is 4.77. The van der Waals surface area contributed by atoms with Gasteiger partial charge in [0.1, 0.15) is 17.2 Å². The van der Waals surface area contributed by atoms with Crippen molar-refractivity contribution < 1.29 is 18.4 Å². The number of carbonyl (C=O) groups excluding carboxylic acids is 2. The molecule has 0 bridgehead atoms. The van der Waals surface area contributed by atoms with Gasteiger partial charge in [-0.15, -0.1) is 0 Å². The van der Waals surface area contributed by atoms with E-state index >= 15 is 0 Å². The van der Waals surface area contributed by atoms with Crippen molar-refractivity contribution in [1.29, 1.82) is 0 Å². The quantitative estimate of drug-likeness (QED) is 0.130. The molecule has 0 radical (unpaired) electrons. The standard InChI is InChI=1S/C30H26FIN2O3/c1-19(6-3-4-15-32)18-34-29(35)23-8-5-7-21(16-23)22-11-14-26-25(17-22)27(30(36)33-2)28(37-26)20-9-12-24(31)13-10-20/h3-14,16-17H,15,18H2,1-2H3,(H,33,36)(H,34,35)/b4-3-,19-6+. The molecule has 0 saturated carbocycles. The maximum atomic E-state index is 13.5. The van der Waals surface area contributed by atoms with Crippen LogP contribution in [-0.4, -0.2) is 29.8 Å². The fraction of sp³-hybridized carbons (Fsp3) is 0.133. The molecule has 188 valence electrons. The van der Waals surface area contributed by atoms with E-state index in [1.54, 1.807) is 31.3 Å². The van der Waals surface area contributed by atoms with Crippen LogP contribution in [0.2, 0.25) is 0 Å². The summed E-state index contributed by atoms with van der Waals surface area (Å²) in [6.45, 7) is 2.43. The molecule has 2 N–H and O–H groups in total. The van der Waals surface area contributed by atoms with Crippen molar-refractivity contribution in [1.82, 2.24) is 10.6 Å². The predicted molar refractivity (Wildman–Crippen MR) is 155 cm³/mol. The molecule has 0 saturated heterocycles. The molecule has 1 heterocycles. The monoisotopic (exact) mass is 608 g/mol. The molecule has 2 amide bonds. The van der Waals surface area contributed by atoms with E-state index in [0.717, 1.165) is 21.1 Å². The Balaban J connectivity index is 1.66. The highest BCUT2D eigenvalue weighted by molar-refractivity contribution is 14.1. The third-order valence-corrected chi connectivity index (χ3v) is 6.35. The molecule has 0 unspecified atom stereocenters. The first-order chi connectivity index (χ1) is 17.9. The Hall–Kier alpha value is -3.72. The Labute approximate surface area is 228 Å². The SMILES string of the molecule is CNC(=O)c1c(-c2ccc(F)cc2)oc2ccc(-c3cccc(C(=O)NC/C(C)=C/C=C\CI)c3)cc12. The highest BCUT2D eigenvalue weighted by atomic mass is 127. The summed E-state index contributed by atoms with van der Waals surface area (Å²) in [6.07, 6.45) is 6.01. The molecule has 7 heteroatoms. The number of hydrogen-bond acceptors (Lipinski definition) is 3. The number of amides is 2. The van der Waals surface area contributed by atoms with E-state index in [4.69, 9.17) is 4.42 Å². The Morgan fingerprint density at radius 2 is 1.70 bits per heavy atom. The van der Waals surface area contributed by atoms with Crippen LogP contribution in [0.4, 0.5) is 4.39 Å². The lowest BCUT2D eigenvalue weighted by Gasteiger charge is -2.08. The molecule has 1 aromatic heterocycles. The number of fused-ring (bicyclic) bond motifs is 1. The van der Waals surface area contributed by atoms with Crippen molar-refractivity contribution in [3.05, 3.63) is 107 Å². The average Bonchev–Trinajstić information content (AvgIpc) is 3.30. The van der Waals surface area contributed by atoms with Gasteiger partial charge >= 0.3 is 0 Å². The minimum atomic E-state index is -0.369. The van der Waals surface area contributed by atoms with Crippen molar-refractivity contribution >= 4 is 45.4 Å². The summed E-state index contributed by atoms with van der Waals surface area (Å²) in [6, 6.07) is 18.7. The second-order valence-corrected chi connectivity index (χ2v) is 9.34. The van der Waals surface area contributed by atoms with Gasteiger partial charge in [-0.2, -0.15) is 0 Å². The molecule has 4 aromatic rings. The van der Waals surface area contributed by atoms with Crippen LogP contribution >= 0.6 is 22.6 Å². The third kappa shape index (κ3) is 6.17. The first-order valence-electron chi connectivity index (χ1n) is 11.7. The van der Waals surface area contributed by atoms with Gasteiger partial charge in [0, 0.05) is 34.5 Å². The van der Waals surface area contributed by atoms with Gasteiger partial charge in [0.15, 0.2) is 0 Å². The predicted octanol–water partition coefficient (Wildman–Crippen LogP) is 6.93. The summed E-state index contributed by atoms with van der Waals surface area (Å²) in [7, 11) is 1.55. The van der Waals surface area contributed by atoms with Gasteiger partial charge in [-0.25, -0.2) is 4.39 Å². The molecule has 0 aliphatic carbocycles. The number of alkyl halides is 1. The van der Waals surface area contributed by atoms with E-state index in [2.05, 4.69) is 33.2 Å². The number of carbonyl (C=O) groups is 2. The highest BCUT2D eigenvalue weighted by Crippen LogP contribution is 2.36. The van der Waals surface area contributed by atoms with Crippen LogP contribution in [0.5, 0.6) is 0 Å².